The van der Waals surface area contributed by atoms with Gasteiger partial charge in [-0.2, -0.15) is 9.78 Å². The van der Waals surface area contributed by atoms with Gasteiger partial charge in [0.2, 0.25) is 0 Å². The van der Waals surface area contributed by atoms with E-state index in [0.717, 1.165) is 20.9 Å². The molecule has 3 rings (SSSR count). The molecule has 1 heterocycles. The van der Waals surface area contributed by atoms with Crippen LogP contribution in [0.1, 0.15) is 44.5 Å². The summed E-state index contributed by atoms with van der Waals surface area (Å²) in [7, 11) is 0. The largest absolute Gasteiger partial charge is 0.493 e. The predicted molar refractivity (Wildman–Crippen MR) is 121 cm³/mol. The number of fused-ring (bicyclic) bond motifs is 1. The molecular weight excluding hydrogens is 486 g/mol. The van der Waals surface area contributed by atoms with Gasteiger partial charge < -0.3 is 4.74 Å². The molecule has 28 heavy (non-hydrogen) atoms. The second-order valence-corrected chi connectivity index (χ2v) is 8.25. The summed E-state index contributed by atoms with van der Waals surface area (Å²) >= 11 is 6.90. The van der Waals surface area contributed by atoms with E-state index in [4.69, 9.17) is 9.72 Å². The third kappa shape index (κ3) is 4.36. The summed E-state index contributed by atoms with van der Waals surface area (Å²) in [5.74, 6) is 1.45. The summed E-state index contributed by atoms with van der Waals surface area (Å²) in [6.45, 7) is 6.59. The first-order valence-corrected chi connectivity index (χ1v) is 10.7. The number of hydrogen-bond acceptors (Lipinski definition) is 4. The third-order valence-electron chi connectivity index (χ3n) is 4.47. The summed E-state index contributed by atoms with van der Waals surface area (Å²) in [4.78, 5) is 17.9. The molecule has 0 saturated heterocycles. The molecule has 3 aromatic rings. The van der Waals surface area contributed by atoms with Crippen molar-refractivity contribution < 1.29 is 4.74 Å². The quantitative estimate of drug-likeness (QED) is 0.402. The van der Waals surface area contributed by atoms with E-state index in [9.17, 15) is 4.79 Å². The van der Waals surface area contributed by atoms with Crippen LogP contribution in [0.2, 0.25) is 0 Å². The van der Waals surface area contributed by atoms with Crippen molar-refractivity contribution in [2.24, 2.45) is 5.10 Å². The lowest BCUT2D eigenvalue weighted by atomic mass is 10.1. The molecule has 146 valence electrons. The zero-order chi connectivity index (χ0) is 20.3. The van der Waals surface area contributed by atoms with Gasteiger partial charge in [0.25, 0.3) is 5.56 Å². The minimum absolute atomic E-state index is 0.0896. The molecule has 0 radical (unpaired) electrons. The normalized spacial score (nSPS) is 12.6. The van der Waals surface area contributed by atoms with E-state index >= 15 is 0 Å². The topological polar surface area (TPSA) is 56.5 Å². The molecule has 7 heteroatoms. The Labute approximate surface area is 180 Å². The van der Waals surface area contributed by atoms with Gasteiger partial charge in [-0.3, -0.25) is 4.79 Å². The Morgan fingerprint density at radius 2 is 1.89 bits per heavy atom. The lowest BCUT2D eigenvalue weighted by Gasteiger charge is -2.14. The average Bonchev–Trinajstić information content (AvgIpc) is 2.69. The van der Waals surface area contributed by atoms with Crippen LogP contribution in [0.25, 0.3) is 10.9 Å². The first kappa shape index (κ1) is 20.7. The first-order valence-electron chi connectivity index (χ1n) is 9.13. The van der Waals surface area contributed by atoms with Gasteiger partial charge >= 0.3 is 0 Å². The number of nitrogens with zero attached hydrogens (tertiary/aromatic N) is 3. The maximum atomic E-state index is 13.2. The van der Waals surface area contributed by atoms with Crippen molar-refractivity contribution in [3.8, 4) is 5.75 Å². The minimum atomic E-state index is -0.189. The Kier molecular flexibility index (Phi) is 6.67. The number of halogens is 2. The molecule has 0 spiro atoms. The molecule has 0 bridgehead atoms. The SMILES string of the molecule is CCOc1ccc(Br)cc1C=Nn1c([C@@H](C)CC)nc2ccc(Br)cc2c1=O. The van der Waals surface area contributed by atoms with Crippen LogP contribution in [0.3, 0.4) is 0 Å². The summed E-state index contributed by atoms with van der Waals surface area (Å²) in [5, 5.41) is 5.04. The van der Waals surface area contributed by atoms with Gasteiger partial charge in [-0.05, 0) is 49.7 Å². The molecule has 0 fully saturated rings. The second-order valence-electron chi connectivity index (χ2n) is 6.42. The van der Waals surface area contributed by atoms with Gasteiger partial charge in [0, 0.05) is 20.4 Å². The van der Waals surface area contributed by atoms with Crippen LogP contribution >= 0.6 is 31.9 Å². The number of benzene rings is 2. The van der Waals surface area contributed by atoms with Crippen LogP contribution in [0, 0.1) is 0 Å². The van der Waals surface area contributed by atoms with E-state index in [1.54, 1.807) is 12.3 Å². The molecule has 0 saturated carbocycles. The van der Waals surface area contributed by atoms with E-state index in [-0.39, 0.29) is 11.5 Å². The van der Waals surface area contributed by atoms with Crippen molar-refractivity contribution in [3.05, 3.63) is 67.1 Å². The Hall–Kier alpha value is -1.99. The summed E-state index contributed by atoms with van der Waals surface area (Å²) in [6, 6.07) is 11.2. The second kappa shape index (κ2) is 9.01. The van der Waals surface area contributed by atoms with Crippen molar-refractivity contribution in [1.82, 2.24) is 9.66 Å². The zero-order valence-electron chi connectivity index (χ0n) is 15.9. The Morgan fingerprint density at radius 1 is 1.18 bits per heavy atom. The first-order chi connectivity index (χ1) is 13.4. The van der Waals surface area contributed by atoms with Gasteiger partial charge in [0.05, 0.1) is 23.7 Å². The number of hydrogen-bond donors (Lipinski definition) is 0. The van der Waals surface area contributed by atoms with Gasteiger partial charge in [-0.15, -0.1) is 0 Å². The number of aromatic nitrogens is 2. The summed E-state index contributed by atoms with van der Waals surface area (Å²) in [6.07, 6.45) is 2.50. The molecule has 0 aliphatic rings. The fourth-order valence-corrected chi connectivity index (χ4v) is 3.55. The van der Waals surface area contributed by atoms with Crippen molar-refractivity contribution >= 4 is 49.0 Å². The van der Waals surface area contributed by atoms with Crippen LogP contribution in [0.5, 0.6) is 5.75 Å². The van der Waals surface area contributed by atoms with E-state index < -0.39 is 0 Å². The maximum Gasteiger partial charge on any atom is 0.282 e. The maximum absolute atomic E-state index is 13.2. The Balaban J connectivity index is 2.19. The van der Waals surface area contributed by atoms with Crippen LogP contribution < -0.4 is 10.3 Å². The Bertz CT molecular complexity index is 1090. The highest BCUT2D eigenvalue weighted by Crippen LogP contribution is 2.23. The average molecular weight is 507 g/mol. The van der Waals surface area contributed by atoms with E-state index in [1.807, 2.05) is 44.2 Å². The molecule has 1 aromatic heterocycles. The van der Waals surface area contributed by atoms with Crippen molar-refractivity contribution in [3.63, 3.8) is 0 Å². The molecule has 0 amide bonds. The lowest BCUT2D eigenvalue weighted by molar-refractivity contribution is 0.339. The van der Waals surface area contributed by atoms with Gasteiger partial charge in [0.1, 0.15) is 11.6 Å². The lowest BCUT2D eigenvalue weighted by Crippen LogP contribution is -2.23. The van der Waals surface area contributed by atoms with Gasteiger partial charge in [-0.1, -0.05) is 45.7 Å². The van der Waals surface area contributed by atoms with Gasteiger partial charge in [0.15, 0.2) is 0 Å². The molecule has 0 unspecified atom stereocenters. The molecule has 1 atom stereocenters. The monoisotopic (exact) mass is 505 g/mol. The van der Waals surface area contributed by atoms with Gasteiger partial charge in [-0.25, -0.2) is 4.98 Å². The fraction of sp³-hybridized carbons (Fsp3) is 0.286. The van der Waals surface area contributed by atoms with Crippen LogP contribution in [-0.4, -0.2) is 22.5 Å². The zero-order valence-corrected chi connectivity index (χ0v) is 19.1. The molecule has 5 nitrogen and oxygen atoms in total. The molecule has 2 aromatic carbocycles. The van der Waals surface area contributed by atoms with Crippen LogP contribution in [0.15, 0.2) is 55.2 Å². The van der Waals surface area contributed by atoms with E-state index in [1.165, 1.54) is 4.68 Å². The standard InChI is InChI=1S/C21H21Br2N3O2/c1-4-13(3)20-25-18-8-6-16(23)11-17(18)21(27)26(20)24-12-14-10-15(22)7-9-19(14)28-5-2/h6-13H,4-5H2,1-3H3/t13-/m0/s1. The molecular formula is C21H21Br2N3O2. The smallest absolute Gasteiger partial charge is 0.282 e. The molecule has 0 N–H and O–H groups in total. The summed E-state index contributed by atoms with van der Waals surface area (Å²) < 4.78 is 8.82. The summed E-state index contributed by atoms with van der Waals surface area (Å²) in [5.41, 5.74) is 1.27. The number of rotatable bonds is 6. The van der Waals surface area contributed by atoms with Crippen LogP contribution in [0.4, 0.5) is 0 Å². The van der Waals surface area contributed by atoms with Crippen molar-refractivity contribution in [1.29, 1.82) is 0 Å². The highest BCUT2D eigenvalue weighted by atomic mass is 79.9. The van der Waals surface area contributed by atoms with Crippen molar-refractivity contribution in [2.45, 2.75) is 33.1 Å². The Morgan fingerprint density at radius 3 is 2.61 bits per heavy atom. The van der Waals surface area contributed by atoms with Crippen LogP contribution in [-0.2, 0) is 0 Å². The molecule has 0 aliphatic carbocycles. The molecule has 0 aliphatic heterocycles. The third-order valence-corrected chi connectivity index (χ3v) is 5.46. The highest BCUT2D eigenvalue weighted by Gasteiger charge is 2.15. The van der Waals surface area contributed by atoms with E-state index in [2.05, 4.69) is 43.9 Å². The highest BCUT2D eigenvalue weighted by molar-refractivity contribution is 9.10. The predicted octanol–water partition coefficient (Wildman–Crippen LogP) is 5.72. The minimum Gasteiger partial charge on any atom is -0.493 e. The van der Waals surface area contributed by atoms with Crippen molar-refractivity contribution in [2.75, 3.05) is 6.61 Å². The van der Waals surface area contributed by atoms with E-state index in [0.29, 0.717) is 29.1 Å². The number of ether oxygens (including phenoxy) is 1. The fourth-order valence-electron chi connectivity index (χ4n) is 2.81.